The van der Waals surface area contributed by atoms with E-state index in [0.29, 0.717) is 12.3 Å². The molecule has 1 rings (SSSR count). The second-order valence-electron chi connectivity index (χ2n) is 6.74. The Bertz CT molecular complexity index is 518. The van der Waals surface area contributed by atoms with Crippen molar-refractivity contribution in [2.24, 2.45) is 11.8 Å². The summed E-state index contributed by atoms with van der Waals surface area (Å²) in [6.45, 7) is 4.09. The maximum absolute atomic E-state index is 12.6. The Morgan fingerprint density at radius 2 is 1.80 bits per heavy atom. The number of hydrogen-bond donors (Lipinski definition) is 3. The summed E-state index contributed by atoms with van der Waals surface area (Å²) < 4.78 is 0. The summed E-state index contributed by atoms with van der Waals surface area (Å²) in [7, 11) is 0. The van der Waals surface area contributed by atoms with Gasteiger partial charge < -0.3 is 15.5 Å². The first-order valence-electron chi connectivity index (χ1n) is 9.15. The number of carboxylic acids is 1. The second-order valence-corrected chi connectivity index (χ2v) is 6.74. The van der Waals surface area contributed by atoms with Crippen molar-refractivity contribution in [2.75, 3.05) is 6.61 Å². The normalized spacial score (nSPS) is 14.5. The third-order valence-corrected chi connectivity index (χ3v) is 4.67. The lowest BCUT2D eigenvalue weighted by molar-refractivity contribution is -0.143. The van der Waals surface area contributed by atoms with Crippen molar-refractivity contribution in [2.45, 2.75) is 58.4 Å². The van der Waals surface area contributed by atoms with Gasteiger partial charge >= 0.3 is 5.97 Å². The van der Waals surface area contributed by atoms with E-state index < -0.39 is 12.0 Å². The minimum absolute atomic E-state index is 0.0198. The molecule has 0 aliphatic heterocycles. The predicted octanol–water partition coefficient (Wildman–Crippen LogP) is 3.01. The Balaban J connectivity index is 2.73. The Hall–Kier alpha value is -1.88. The van der Waals surface area contributed by atoms with Gasteiger partial charge in [-0.05, 0) is 24.3 Å². The van der Waals surface area contributed by atoms with Crippen LogP contribution in [-0.2, 0) is 16.0 Å². The Morgan fingerprint density at radius 1 is 1.12 bits per heavy atom. The van der Waals surface area contributed by atoms with Crippen molar-refractivity contribution >= 4 is 11.9 Å². The number of carboxylic acid groups (broad SMARTS) is 1. The minimum Gasteiger partial charge on any atom is -0.480 e. The zero-order valence-corrected chi connectivity index (χ0v) is 15.3. The molecule has 5 nitrogen and oxygen atoms in total. The molecule has 5 heteroatoms. The number of rotatable bonds is 12. The van der Waals surface area contributed by atoms with Crippen molar-refractivity contribution in [1.29, 1.82) is 0 Å². The van der Waals surface area contributed by atoms with Gasteiger partial charge in [-0.1, -0.05) is 63.4 Å². The quantitative estimate of drug-likeness (QED) is 0.541. The molecule has 1 unspecified atom stereocenters. The van der Waals surface area contributed by atoms with E-state index in [4.69, 9.17) is 5.11 Å². The summed E-state index contributed by atoms with van der Waals surface area (Å²) in [5.41, 5.74) is 1.07. The number of aliphatic hydroxyl groups is 1. The largest absolute Gasteiger partial charge is 0.480 e. The number of aliphatic hydroxyl groups excluding tert-OH is 1. The van der Waals surface area contributed by atoms with Crippen LogP contribution in [0.1, 0.15) is 51.5 Å². The van der Waals surface area contributed by atoms with Crippen LogP contribution >= 0.6 is 0 Å². The van der Waals surface area contributed by atoms with Crippen LogP contribution in [0.25, 0.3) is 0 Å². The van der Waals surface area contributed by atoms with E-state index in [1.165, 1.54) is 0 Å². The molecule has 0 fully saturated rings. The molecule has 1 amide bonds. The highest BCUT2D eigenvalue weighted by molar-refractivity contribution is 5.85. The molecule has 140 valence electrons. The van der Waals surface area contributed by atoms with Crippen LogP contribution in [-0.4, -0.2) is 34.7 Å². The summed E-state index contributed by atoms with van der Waals surface area (Å²) in [6.07, 6.45) is 4.47. The van der Waals surface area contributed by atoms with E-state index in [9.17, 15) is 14.7 Å². The summed E-state index contributed by atoms with van der Waals surface area (Å²) in [6, 6.07) is 8.74. The number of carbonyl (C=O) groups is 2. The molecule has 0 bridgehead atoms. The molecule has 0 spiro atoms. The smallest absolute Gasteiger partial charge is 0.326 e. The van der Waals surface area contributed by atoms with Crippen LogP contribution in [0.4, 0.5) is 0 Å². The highest BCUT2D eigenvalue weighted by Gasteiger charge is 2.25. The maximum Gasteiger partial charge on any atom is 0.326 e. The molecule has 0 saturated heterocycles. The Kier molecular flexibility index (Phi) is 9.85. The highest BCUT2D eigenvalue weighted by atomic mass is 16.4. The molecule has 1 aromatic carbocycles. The summed E-state index contributed by atoms with van der Waals surface area (Å²) in [4.78, 5) is 23.8. The predicted molar refractivity (Wildman–Crippen MR) is 98.2 cm³/mol. The third kappa shape index (κ3) is 8.16. The van der Waals surface area contributed by atoms with Gasteiger partial charge in [-0.25, -0.2) is 4.79 Å². The van der Waals surface area contributed by atoms with Crippen LogP contribution in [0.2, 0.25) is 0 Å². The number of aliphatic carboxylic acids is 1. The van der Waals surface area contributed by atoms with Gasteiger partial charge in [-0.3, -0.25) is 4.79 Å². The summed E-state index contributed by atoms with van der Waals surface area (Å²) in [5.74, 6) is -0.983. The SMILES string of the molecule is CC[C@H](C)CCCC(Cc1ccccc1)C(=O)N[C@H](CCO)C(=O)O. The van der Waals surface area contributed by atoms with Gasteiger partial charge in [0.05, 0.1) is 0 Å². The fourth-order valence-electron chi connectivity index (χ4n) is 2.82. The van der Waals surface area contributed by atoms with Gasteiger partial charge in [0.15, 0.2) is 0 Å². The lowest BCUT2D eigenvalue weighted by atomic mass is 9.90. The average molecular weight is 349 g/mol. The molecular weight excluding hydrogens is 318 g/mol. The fourth-order valence-corrected chi connectivity index (χ4v) is 2.82. The van der Waals surface area contributed by atoms with Crippen molar-refractivity contribution in [3.8, 4) is 0 Å². The van der Waals surface area contributed by atoms with Crippen LogP contribution in [0.15, 0.2) is 30.3 Å². The fraction of sp³-hybridized carbons (Fsp3) is 0.600. The first kappa shape index (κ1) is 21.2. The van der Waals surface area contributed by atoms with Crippen molar-refractivity contribution in [1.82, 2.24) is 5.32 Å². The molecule has 0 aromatic heterocycles. The molecule has 0 aliphatic rings. The average Bonchev–Trinajstić information content (AvgIpc) is 2.60. The molecule has 0 saturated carbocycles. The molecule has 3 atom stereocenters. The summed E-state index contributed by atoms with van der Waals surface area (Å²) in [5, 5.41) is 20.8. The number of benzene rings is 1. The van der Waals surface area contributed by atoms with Gasteiger partial charge in [0, 0.05) is 18.9 Å². The molecule has 0 heterocycles. The Labute approximate surface area is 150 Å². The summed E-state index contributed by atoms with van der Waals surface area (Å²) >= 11 is 0. The number of nitrogens with one attached hydrogen (secondary N) is 1. The topological polar surface area (TPSA) is 86.6 Å². The van der Waals surface area contributed by atoms with E-state index in [1.807, 2.05) is 30.3 Å². The van der Waals surface area contributed by atoms with Gasteiger partial charge in [0.25, 0.3) is 0 Å². The van der Waals surface area contributed by atoms with Crippen LogP contribution in [0.3, 0.4) is 0 Å². The second kappa shape index (κ2) is 11.6. The molecule has 0 radical (unpaired) electrons. The maximum atomic E-state index is 12.6. The van der Waals surface area contributed by atoms with Crippen LogP contribution < -0.4 is 5.32 Å². The minimum atomic E-state index is -1.11. The molecule has 0 aliphatic carbocycles. The van der Waals surface area contributed by atoms with Crippen molar-refractivity contribution < 1.29 is 19.8 Å². The van der Waals surface area contributed by atoms with Gasteiger partial charge in [0.2, 0.25) is 5.91 Å². The first-order valence-corrected chi connectivity index (χ1v) is 9.15. The van der Waals surface area contributed by atoms with E-state index in [2.05, 4.69) is 19.2 Å². The number of amides is 1. The number of carbonyl (C=O) groups excluding carboxylic acids is 1. The van der Waals surface area contributed by atoms with Gasteiger partial charge in [-0.2, -0.15) is 0 Å². The molecule has 25 heavy (non-hydrogen) atoms. The monoisotopic (exact) mass is 349 g/mol. The molecule has 3 N–H and O–H groups in total. The van der Waals surface area contributed by atoms with Crippen LogP contribution in [0.5, 0.6) is 0 Å². The highest BCUT2D eigenvalue weighted by Crippen LogP contribution is 2.19. The lowest BCUT2D eigenvalue weighted by Gasteiger charge is -2.21. The van der Waals surface area contributed by atoms with Crippen molar-refractivity contribution in [3.05, 3.63) is 35.9 Å². The molecule has 1 aromatic rings. The van der Waals surface area contributed by atoms with E-state index >= 15 is 0 Å². The first-order chi connectivity index (χ1) is 12.0. The van der Waals surface area contributed by atoms with E-state index in [0.717, 1.165) is 31.2 Å². The van der Waals surface area contributed by atoms with Gasteiger partial charge in [-0.15, -0.1) is 0 Å². The van der Waals surface area contributed by atoms with Gasteiger partial charge in [0.1, 0.15) is 6.04 Å². The van der Waals surface area contributed by atoms with E-state index in [1.54, 1.807) is 0 Å². The standard InChI is InChI=1S/C20H31NO4/c1-3-15(2)8-7-11-17(14-16-9-5-4-6-10-16)19(23)21-18(12-13-22)20(24)25/h4-6,9-10,15,17-18,22H,3,7-8,11-14H2,1-2H3,(H,21,23)(H,24,25)/t15-,17?,18+/m0/s1. The Morgan fingerprint density at radius 3 is 2.36 bits per heavy atom. The number of hydrogen-bond acceptors (Lipinski definition) is 3. The zero-order valence-electron chi connectivity index (χ0n) is 15.3. The lowest BCUT2D eigenvalue weighted by Crippen LogP contribution is -2.44. The zero-order chi connectivity index (χ0) is 18.7. The molecular formula is C20H31NO4. The van der Waals surface area contributed by atoms with E-state index in [-0.39, 0.29) is 24.9 Å². The van der Waals surface area contributed by atoms with Crippen molar-refractivity contribution in [3.63, 3.8) is 0 Å². The van der Waals surface area contributed by atoms with Crippen LogP contribution in [0, 0.1) is 11.8 Å². The third-order valence-electron chi connectivity index (χ3n) is 4.67.